The summed E-state index contributed by atoms with van der Waals surface area (Å²) in [6.07, 6.45) is 3.68. The van der Waals surface area contributed by atoms with Gasteiger partial charge in [-0.05, 0) is 6.42 Å². The number of hydrogen-bond donors (Lipinski definition) is 0. The van der Waals surface area contributed by atoms with Crippen LogP contribution in [-0.2, 0) is 0 Å². The van der Waals surface area contributed by atoms with Crippen LogP contribution >= 0.6 is 0 Å². The van der Waals surface area contributed by atoms with Crippen molar-refractivity contribution in [3.8, 4) is 0 Å². The van der Waals surface area contributed by atoms with Gasteiger partial charge in [-0.3, -0.25) is 10.1 Å². The molecule has 0 amide bonds. The van der Waals surface area contributed by atoms with Crippen LogP contribution in [0.5, 0.6) is 0 Å². The Balaban J connectivity index is 3.60. The van der Waals surface area contributed by atoms with Crippen LogP contribution in [0.4, 0.5) is 0 Å². The zero-order valence-corrected chi connectivity index (χ0v) is 6.25. The van der Waals surface area contributed by atoms with E-state index in [9.17, 15) is 10.1 Å². The molecule has 0 aromatic heterocycles. The van der Waals surface area contributed by atoms with Crippen molar-refractivity contribution in [1.29, 1.82) is 0 Å². The molecule has 0 fully saturated rings. The standard InChI is InChI=1S/C7H13NO2/c1-3-5-6-7(4-2)8(9)10/h3,7H,1,4-6H2,2H3. The lowest BCUT2D eigenvalue weighted by Crippen LogP contribution is -2.17. The number of allylic oxidation sites excluding steroid dienone is 1. The molecule has 1 atom stereocenters. The molecule has 0 saturated heterocycles. The van der Waals surface area contributed by atoms with E-state index in [0.717, 1.165) is 6.42 Å². The summed E-state index contributed by atoms with van der Waals surface area (Å²) < 4.78 is 0. The van der Waals surface area contributed by atoms with Crippen molar-refractivity contribution < 1.29 is 4.92 Å². The van der Waals surface area contributed by atoms with Crippen molar-refractivity contribution in [3.63, 3.8) is 0 Å². The predicted molar refractivity (Wildman–Crippen MR) is 40.5 cm³/mol. The highest BCUT2D eigenvalue weighted by Crippen LogP contribution is 2.04. The van der Waals surface area contributed by atoms with Gasteiger partial charge in [0.1, 0.15) is 0 Å². The van der Waals surface area contributed by atoms with Crippen LogP contribution in [0.25, 0.3) is 0 Å². The van der Waals surface area contributed by atoms with Crippen molar-refractivity contribution in [1.82, 2.24) is 0 Å². The normalized spacial score (nSPS) is 12.5. The summed E-state index contributed by atoms with van der Waals surface area (Å²) in [6, 6.07) is -0.377. The molecule has 0 bridgehead atoms. The molecule has 0 aliphatic carbocycles. The fraction of sp³-hybridized carbons (Fsp3) is 0.714. The molecule has 0 radical (unpaired) electrons. The van der Waals surface area contributed by atoms with Gasteiger partial charge in [0.25, 0.3) is 0 Å². The van der Waals surface area contributed by atoms with Crippen molar-refractivity contribution in [2.75, 3.05) is 0 Å². The van der Waals surface area contributed by atoms with Crippen LogP contribution < -0.4 is 0 Å². The molecule has 0 rings (SSSR count). The molecule has 0 aromatic carbocycles. The van der Waals surface area contributed by atoms with E-state index in [0.29, 0.717) is 12.8 Å². The first-order valence-corrected chi connectivity index (χ1v) is 3.46. The number of rotatable bonds is 5. The third kappa shape index (κ3) is 3.22. The summed E-state index contributed by atoms with van der Waals surface area (Å²) in [5.74, 6) is 0. The zero-order chi connectivity index (χ0) is 7.98. The highest BCUT2D eigenvalue weighted by Gasteiger charge is 2.14. The Morgan fingerprint density at radius 1 is 1.80 bits per heavy atom. The summed E-state index contributed by atoms with van der Waals surface area (Å²) in [6.45, 7) is 5.33. The minimum Gasteiger partial charge on any atom is -0.264 e. The largest absolute Gasteiger partial charge is 0.264 e. The molecule has 0 aliphatic rings. The van der Waals surface area contributed by atoms with Gasteiger partial charge in [0, 0.05) is 17.8 Å². The summed E-state index contributed by atoms with van der Waals surface area (Å²) >= 11 is 0. The van der Waals surface area contributed by atoms with E-state index < -0.39 is 0 Å². The molecule has 0 N–H and O–H groups in total. The first-order valence-electron chi connectivity index (χ1n) is 3.46. The summed E-state index contributed by atoms with van der Waals surface area (Å²) in [4.78, 5) is 9.99. The van der Waals surface area contributed by atoms with Crippen LogP contribution in [-0.4, -0.2) is 11.0 Å². The molecule has 1 unspecified atom stereocenters. The fourth-order valence-corrected chi connectivity index (χ4v) is 0.769. The molecular formula is C7H13NO2. The van der Waals surface area contributed by atoms with E-state index >= 15 is 0 Å². The molecule has 0 saturated carbocycles. The molecule has 0 heterocycles. The average Bonchev–Trinajstić information content (AvgIpc) is 1.89. The van der Waals surface area contributed by atoms with Gasteiger partial charge in [0.05, 0.1) is 0 Å². The van der Waals surface area contributed by atoms with E-state index in [4.69, 9.17) is 0 Å². The highest BCUT2D eigenvalue weighted by atomic mass is 16.6. The second-order valence-electron chi connectivity index (χ2n) is 2.21. The molecule has 0 aromatic rings. The lowest BCUT2D eigenvalue weighted by molar-refractivity contribution is -0.523. The Hall–Kier alpha value is -0.860. The van der Waals surface area contributed by atoms with Gasteiger partial charge in [-0.15, -0.1) is 6.58 Å². The first kappa shape index (κ1) is 9.14. The van der Waals surface area contributed by atoms with E-state index in [1.165, 1.54) is 0 Å². The highest BCUT2D eigenvalue weighted by molar-refractivity contribution is 4.68. The SMILES string of the molecule is C=CCCC(CC)[N+](=O)[O-]. The monoisotopic (exact) mass is 143 g/mol. The van der Waals surface area contributed by atoms with Crippen molar-refractivity contribution in [2.24, 2.45) is 0 Å². The maximum atomic E-state index is 10.2. The smallest absolute Gasteiger partial charge is 0.213 e. The van der Waals surface area contributed by atoms with Crippen molar-refractivity contribution in [2.45, 2.75) is 32.2 Å². The second-order valence-corrected chi connectivity index (χ2v) is 2.21. The van der Waals surface area contributed by atoms with Crippen LogP contribution in [0, 0.1) is 10.1 Å². The van der Waals surface area contributed by atoms with Gasteiger partial charge in [-0.1, -0.05) is 13.0 Å². The van der Waals surface area contributed by atoms with Gasteiger partial charge >= 0.3 is 0 Å². The summed E-state index contributed by atoms with van der Waals surface area (Å²) in [7, 11) is 0. The van der Waals surface area contributed by atoms with E-state index in [-0.39, 0.29) is 11.0 Å². The lowest BCUT2D eigenvalue weighted by atomic mass is 10.1. The number of hydrogen-bond acceptors (Lipinski definition) is 2. The van der Waals surface area contributed by atoms with Crippen LogP contribution in [0.1, 0.15) is 26.2 Å². The molecule has 0 spiro atoms. The molecule has 3 heteroatoms. The average molecular weight is 143 g/mol. The summed E-state index contributed by atoms with van der Waals surface area (Å²) in [5.41, 5.74) is 0. The fourth-order valence-electron chi connectivity index (χ4n) is 0.769. The third-order valence-corrected chi connectivity index (χ3v) is 1.47. The van der Waals surface area contributed by atoms with Gasteiger partial charge in [-0.25, -0.2) is 0 Å². The van der Waals surface area contributed by atoms with E-state index in [1.807, 2.05) is 6.92 Å². The number of nitrogens with zero attached hydrogens (tertiary/aromatic N) is 1. The van der Waals surface area contributed by atoms with Crippen molar-refractivity contribution in [3.05, 3.63) is 22.8 Å². The quantitative estimate of drug-likeness (QED) is 0.335. The third-order valence-electron chi connectivity index (χ3n) is 1.47. The molecule has 3 nitrogen and oxygen atoms in total. The minimum atomic E-state index is -0.377. The Kier molecular flexibility index (Phi) is 4.54. The van der Waals surface area contributed by atoms with Crippen LogP contribution in [0.15, 0.2) is 12.7 Å². The second kappa shape index (κ2) is 4.97. The molecule has 10 heavy (non-hydrogen) atoms. The maximum Gasteiger partial charge on any atom is 0.213 e. The molecule has 0 aliphatic heterocycles. The van der Waals surface area contributed by atoms with Gasteiger partial charge in [0.15, 0.2) is 0 Å². The molecule has 58 valence electrons. The molecular weight excluding hydrogens is 130 g/mol. The van der Waals surface area contributed by atoms with Crippen LogP contribution in [0.2, 0.25) is 0 Å². The van der Waals surface area contributed by atoms with Gasteiger partial charge in [0.2, 0.25) is 6.04 Å². The van der Waals surface area contributed by atoms with Gasteiger partial charge in [-0.2, -0.15) is 0 Å². The number of nitro groups is 1. The van der Waals surface area contributed by atoms with Crippen LogP contribution in [0.3, 0.4) is 0 Å². The van der Waals surface area contributed by atoms with Crippen molar-refractivity contribution >= 4 is 0 Å². The van der Waals surface area contributed by atoms with Gasteiger partial charge < -0.3 is 0 Å². The van der Waals surface area contributed by atoms with E-state index in [1.54, 1.807) is 6.08 Å². The predicted octanol–water partition coefficient (Wildman–Crippen LogP) is 2.01. The maximum absolute atomic E-state index is 10.2. The lowest BCUT2D eigenvalue weighted by Gasteiger charge is -2.03. The first-order chi connectivity index (χ1) is 4.72. The Morgan fingerprint density at radius 2 is 2.40 bits per heavy atom. The topological polar surface area (TPSA) is 43.1 Å². The van der Waals surface area contributed by atoms with E-state index in [2.05, 4.69) is 6.58 Å². The zero-order valence-electron chi connectivity index (χ0n) is 6.25. The summed E-state index contributed by atoms with van der Waals surface area (Å²) in [5, 5.41) is 10.2. The Labute approximate surface area is 60.9 Å². The Bertz CT molecular complexity index is 123. The Morgan fingerprint density at radius 3 is 2.70 bits per heavy atom. The minimum absolute atomic E-state index is 0.219.